The van der Waals surface area contributed by atoms with Crippen molar-refractivity contribution in [3.63, 3.8) is 0 Å². The van der Waals surface area contributed by atoms with Gasteiger partial charge < -0.3 is 8.92 Å². The largest absolute Gasteiger partial charge is 0.448 e. The Balaban J connectivity index is 1.52. The van der Waals surface area contributed by atoms with Gasteiger partial charge in [-0.1, -0.05) is 18.0 Å². The number of halogens is 2. The molecule has 1 N–H and O–H groups in total. The van der Waals surface area contributed by atoms with Crippen LogP contribution in [-0.4, -0.2) is 45.1 Å². The first-order chi connectivity index (χ1) is 12.8. The minimum Gasteiger partial charge on any atom is -0.448 e. The van der Waals surface area contributed by atoms with Gasteiger partial charge in [0.1, 0.15) is 0 Å². The third kappa shape index (κ3) is 5.46. The van der Waals surface area contributed by atoms with Gasteiger partial charge in [0.05, 0.1) is 6.61 Å². The summed E-state index contributed by atoms with van der Waals surface area (Å²) in [6.45, 7) is 2.25. The first-order valence-electron chi connectivity index (χ1n) is 8.92. The van der Waals surface area contributed by atoms with Crippen LogP contribution in [0.5, 0.6) is 5.75 Å². The van der Waals surface area contributed by atoms with Gasteiger partial charge in [-0.2, -0.15) is 13.1 Å². The van der Waals surface area contributed by atoms with E-state index in [1.54, 1.807) is 4.72 Å². The van der Waals surface area contributed by atoms with Crippen LogP contribution in [0.25, 0.3) is 0 Å². The van der Waals surface area contributed by atoms with Crippen LogP contribution >= 0.6 is 11.6 Å². The molecule has 1 aromatic carbocycles. The zero-order valence-electron chi connectivity index (χ0n) is 14.7. The lowest BCUT2D eigenvalue weighted by Crippen LogP contribution is -2.49. The summed E-state index contributed by atoms with van der Waals surface area (Å²) in [7, 11) is -4.56. The molecule has 1 aromatic rings. The maximum atomic E-state index is 13.6. The fraction of sp³-hybridized carbons (Fsp3) is 0.588. The van der Waals surface area contributed by atoms with Crippen molar-refractivity contribution in [1.29, 1.82) is 0 Å². The molecule has 0 bridgehead atoms. The second-order valence-corrected chi connectivity index (χ2v) is 8.53. The summed E-state index contributed by atoms with van der Waals surface area (Å²) in [4.78, 5) is 14.3. The van der Waals surface area contributed by atoms with E-state index in [1.807, 2.05) is 0 Å². The molecule has 0 aliphatic carbocycles. The molecule has 2 aliphatic rings. The van der Waals surface area contributed by atoms with Crippen LogP contribution in [0.1, 0.15) is 32.1 Å². The fourth-order valence-electron chi connectivity index (χ4n) is 3.77. The first kappa shape index (κ1) is 20.2. The van der Waals surface area contributed by atoms with Crippen molar-refractivity contribution in [1.82, 2.24) is 9.62 Å². The van der Waals surface area contributed by atoms with Crippen molar-refractivity contribution >= 4 is 28.0 Å². The Labute approximate surface area is 163 Å². The van der Waals surface area contributed by atoms with Crippen molar-refractivity contribution in [3.05, 3.63) is 29.0 Å². The van der Waals surface area contributed by atoms with Crippen molar-refractivity contribution in [2.75, 3.05) is 19.7 Å². The van der Waals surface area contributed by atoms with E-state index in [1.165, 1.54) is 12.5 Å². The summed E-state index contributed by atoms with van der Waals surface area (Å²) in [5, 5.41) is 0.0915. The zero-order chi connectivity index (χ0) is 19.4. The SMILES string of the molecule is O=C(NS(=O)(=O)Oc1ccc(Cl)cc1F)OCC1CCCN2CCCCC12. The molecule has 3 rings (SSSR count). The predicted molar refractivity (Wildman–Crippen MR) is 97.4 cm³/mol. The molecule has 2 atom stereocenters. The Morgan fingerprint density at radius 1 is 1.26 bits per heavy atom. The van der Waals surface area contributed by atoms with Gasteiger partial charge in [0, 0.05) is 17.0 Å². The molecule has 0 spiro atoms. The maximum absolute atomic E-state index is 13.6. The van der Waals surface area contributed by atoms with Gasteiger partial charge in [0.25, 0.3) is 0 Å². The average molecular weight is 421 g/mol. The van der Waals surface area contributed by atoms with E-state index < -0.39 is 28.0 Å². The lowest BCUT2D eigenvalue weighted by Gasteiger charge is -2.44. The highest BCUT2D eigenvalue weighted by atomic mass is 35.5. The van der Waals surface area contributed by atoms with Gasteiger partial charge in [0.15, 0.2) is 11.6 Å². The van der Waals surface area contributed by atoms with E-state index in [0.717, 1.165) is 50.9 Å². The highest BCUT2D eigenvalue weighted by Gasteiger charge is 2.34. The minimum absolute atomic E-state index is 0.0915. The Morgan fingerprint density at radius 3 is 2.81 bits per heavy atom. The van der Waals surface area contributed by atoms with Gasteiger partial charge in [-0.15, -0.1) is 0 Å². The Kier molecular flexibility index (Phi) is 6.44. The third-order valence-corrected chi connectivity index (χ3v) is 6.01. The molecule has 2 heterocycles. The van der Waals surface area contributed by atoms with Crippen LogP contribution in [0.3, 0.4) is 0 Å². The van der Waals surface area contributed by atoms with Crippen molar-refractivity contribution < 1.29 is 26.5 Å². The summed E-state index contributed by atoms with van der Waals surface area (Å²) in [5.41, 5.74) is 0. The quantitative estimate of drug-likeness (QED) is 0.787. The Hall–Kier alpha value is -1.58. The van der Waals surface area contributed by atoms with Crippen molar-refractivity contribution in [2.24, 2.45) is 5.92 Å². The van der Waals surface area contributed by atoms with Crippen LogP contribution < -0.4 is 8.91 Å². The number of amides is 1. The standard InChI is InChI=1S/C17H22ClFN2O5S/c18-13-6-7-16(14(19)10-13)26-27(23,24)20-17(22)25-11-12-4-3-9-21-8-2-1-5-15(12)21/h6-7,10,12,15H,1-5,8-9,11H2,(H,20,22). The Bertz CT molecular complexity index is 790. The number of carbonyl (C=O) groups excluding carboxylic acids is 1. The van der Waals surface area contributed by atoms with E-state index in [4.69, 9.17) is 16.3 Å². The summed E-state index contributed by atoms with van der Waals surface area (Å²) < 4.78 is 48.7. The summed E-state index contributed by atoms with van der Waals surface area (Å²) in [6.07, 6.45) is 4.22. The van der Waals surface area contributed by atoms with E-state index >= 15 is 0 Å². The fourth-order valence-corrected chi connectivity index (χ4v) is 4.60. The number of nitrogens with one attached hydrogen (secondary N) is 1. The van der Waals surface area contributed by atoms with E-state index in [9.17, 15) is 17.6 Å². The number of ether oxygens (including phenoxy) is 1. The van der Waals surface area contributed by atoms with Gasteiger partial charge in [0.2, 0.25) is 0 Å². The number of benzene rings is 1. The first-order valence-corrected chi connectivity index (χ1v) is 10.7. The van der Waals surface area contributed by atoms with Crippen LogP contribution in [0, 0.1) is 11.7 Å². The van der Waals surface area contributed by atoms with Crippen LogP contribution in [-0.2, 0) is 15.0 Å². The van der Waals surface area contributed by atoms with Crippen molar-refractivity contribution in [3.8, 4) is 5.75 Å². The summed E-state index contributed by atoms with van der Waals surface area (Å²) in [5.74, 6) is -1.34. The molecule has 0 radical (unpaired) electrons. The third-order valence-electron chi connectivity index (χ3n) is 4.96. The van der Waals surface area contributed by atoms with Crippen LogP contribution in [0.2, 0.25) is 5.02 Å². The molecule has 2 saturated heterocycles. The predicted octanol–water partition coefficient (Wildman–Crippen LogP) is 3.09. The number of hydrogen-bond acceptors (Lipinski definition) is 6. The number of rotatable bonds is 5. The summed E-state index contributed by atoms with van der Waals surface area (Å²) in [6, 6.07) is 3.61. The second kappa shape index (κ2) is 8.62. The molecular weight excluding hydrogens is 399 g/mol. The number of nitrogens with zero attached hydrogens (tertiary/aromatic N) is 1. The average Bonchev–Trinajstić information content (AvgIpc) is 2.62. The highest BCUT2D eigenvalue weighted by Crippen LogP contribution is 2.31. The smallest absolute Gasteiger partial charge is 0.423 e. The molecule has 150 valence electrons. The van der Waals surface area contributed by atoms with Crippen molar-refractivity contribution in [2.45, 2.75) is 38.1 Å². The van der Waals surface area contributed by atoms with Crippen LogP contribution in [0.15, 0.2) is 18.2 Å². The topological polar surface area (TPSA) is 84.9 Å². The molecule has 0 aromatic heterocycles. The highest BCUT2D eigenvalue weighted by molar-refractivity contribution is 7.85. The van der Waals surface area contributed by atoms with Gasteiger partial charge in [-0.25, -0.2) is 9.18 Å². The minimum atomic E-state index is -4.56. The number of piperidine rings is 2. The normalized spacial score (nSPS) is 23.3. The molecule has 10 heteroatoms. The molecule has 2 unspecified atom stereocenters. The molecule has 2 fully saturated rings. The summed E-state index contributed by atoms with van der Waals surface area (Å²) >= 11 is 5.60. The lowest BCUT2D eigenvalue weighted by molar-refractivity contribution is 0.0244. The van der Waals surface area contributed by atoms with E-state index in [-0.39, 0.29) is 17.5 Å². The molecule has 27 heavy (non-hydrogen) atoms. The zero-order valence-corrected chi connectivity index (χ0v) is 16.3. The van der Waals surface area contributed by atoms with Crippen LogP contribution in [0.4, 0.5) is 9.18 Å². The molecule has 1 amide bonds. The Morgan fingerprint density at radius 2 is 2.04 bits per heavy atom. The van der Waals surface area contributed by atoms with Gasteiger partial charge in [-0.3, -0.25) is 4.90 Å². The maximum Gasteiger partial charge on any atom is 0.423 e. The molecule has 2 aliphatic heterocycles. The molecule has 7 nitrogen and oxygen atoms in total. The van der Waals surface area contributed by atoms with E-state index in [2.05, 4.69) is 9.08 Å². The van der Waals surface area contributed by atoms with Gasteiger partial charge in [-0.05, 0) is 57.0 Å². The number of fused-ring (bicyclic) bond motifs is 1. The molecular formula is C17H22ClFN2O5S. The monoisotopic (exact) mass is 420 g/mol. The number of carbonyl (C=O) groups is 1. The second-order valence-electron chi connectivity index (χ2n) is 6.81. The van der Waals surface area contributed by atoms with Gasteiger partial charge >= 0.3 is 16.4 Å². The lowest BCUT2D eigenvalue weighted by atomic mass is 9.84. The molecule has 0 saturated carbocycles. The number of hydrogen-bond donors (Lipinski definition) is 1. The van der Waals surface area contributed by atoms with E-state index in [0.29, 0.717) is 6.04 Å².